The van der Waals surface area contributed by atoms with Crippen LogP contribution < -0.4 is 43.4 Å². The second-order valence-electron chi connectivity index (χ2n) is 8.05. The molecule has 0 aromatic heterocycles. The van der Waals surface area contributed by atoms with E-state index in [0.29, 0.717) is 19.4 Å². The highest BCUT2D eigenvalue weighted by atomic mass is 16.4. The molecule has 1 saturated heterocycles. The molecule has 3 unspecified atom stereocenters. The summed E-state index contributed by atoms with van der Waals surface area (Å²) < 4.78 is 0. The maximum atomic E-state index is 12.9. The molecule has 36 heavy (non-hydrogen) atoms. The fourth-order valence-corrected chi connectivity index (χ4v) is 3.28. The van der Waals surface area contributed by atoms with E-state index in [-0.39, 0.29) is 25.8 Å². The lowest BCUT2D eigenvalue weighted by molar-refractivity contribution is -0.140. The van der Waals surface area contributed by atoms with Crippen LogP contribution in [-0.2, 0) is 28.8 Å². The molecule has 0 aromatic carbocycles. The van der Waals surface area contributed by atoms with Crippen molar-refractivity contribution in [2.24, 2.45) is 11.5 Å². The SMILES string of the molecule is NCCCCC1NC(=O)CNC(=O)C(CC(=O)O)NC(=O)CNC(=O)C(CCCNC(N)=O)NC1=O. The lowest BCUT2D eigenvalue weighted by atomic mass is 10.1. The number of hydrogen-bond donors (Lipinski definition) is 9. The summed E-state index contributed by atoms with van der Waals surface area (Å²) in [6, 6.07) is -4.45. The van der Waals surface area contributed by atoms with Gasteiger partial charge in [0.2, 0.25) is 29.5 Å². The number of rotatable bonds is 10. The zero-order valence-corrected chi connectivity index (χ0v) is 19.8. The van der Waals surface area contributed by atoms with Crippen LogP contribution in [0.15, 0.2) is 0 Å². The smallest absolute Gasteiger partial charge is 0.312 e. The van der Waals surface area contributed by atoms with Gasteiger partial charge in [0, 0.05) is 6.54 Å². The molecule has 0 bridgehead atoms. The van der Waals surface area contributed by atoms with Gasteiger partial charge in [0.05, 0.1) is 19.5 Å². The van der Waals surface area contributed by atoms with Crippen molar-refractivity contribution < 1.29 is 38.7 Å². The predicted octanol–water partition coefficient (Wildman–Crippen LogP) is -4.26. The molecule has 1 fully saturated rings. The minimum Gasteiger partial charge on any atom is -0.481 e. The average molecular weight is 515 g/mol. The molecular weight excluding hydrogens is 480 g/mol. The van der Waals surface area contributed by atoms with Gasteiger partial charge in [-0.3, -0.25) is 28.8 Å². The fourth-order valence-electron chi connectivity index (χ4n) is 3.28. The summed E-state index contributed by atoms with van der Waals surface area (Å²) in [4.78, 5) is 84.6. The van der Waals surface area contributed by atoms with Crippen molar-refractivity contribution in [2.75, 3.05) is 26.2 Å². The Labute approximate surface area is 207 Å². The van der Waals surface area contributed by atoms with Gasteiger partial charge in [-0.1, -0.05) is 0 Å². The van der Waals surface area contributed by atoms with Crippen LogP contribution in [0.4, 0.5) is 4.79 Å². The van der Waals surface area contributed by atoms with Crippen LogP contribution in [-0.4, -0.2) is 90.9 Å². The number of nitrogens with one attached hydrogen (secondary N) is 6. The number of carboxylic acid groups (broad SMARTS) is 1. The minimum absolute atomic E-state index is 0.0601. The molecular formula is C20H34N8O8. The predicted molar refractivity (Wildman–Crippen MR) is 124 cm³/mol. The maximum Gasteiger partial charge on any atom is 0.312 e. The lowest BCUT2D eigenvalue weighted by Crippen LogP contribution is -2.55. The Morgan fingerprint density at radius 2 is 1.33 bits per heavy atom. The molecule has 202 valence electrons. The van der Waals surface area contributed by atoms with Gasteiger partial charge < -0.3 is 48.5 Å². The first kappa shape index (κ1) is 30.1. The zero-order chi connectivity index (χ0) is 27.1. The first-order chi connectivity index (χ1) is 17.0. The molecule has 3 atom stereocenters. The van der Waals surface area contributed by atoms with Crippen molar-refractivity contribution in [3.8, 4) is 0 Å². The van der Waals surface area contributed by atoms with Gasteiger partial charge in [-0.15, -0.1) is 0 Å². The molecule has 0 spiro atoms. The molecule has 0 aliphatic carbocycles. The van der Waals surface area contributed by atoms with Gasteiger partial charge in [-0.25, -0.2) is 4.79 Å². The third-order valence-corrected chi connectivity index (χ3v) is 5.08. The lowest BCUT2D eigenvalue weighted by Gasteiger charge is -2.23. The van der Waals surface area contributed by atoms with Gasteiger partial charge in [0.15, 0.2) is 0 Å². The van der Waals surface area contributed by atoms with Crippen LogP contribution in [0.1, 0.15) is 38.5 Å². The Bertz CT molecular complexity index is 837. The Balaban J connectivity index is 3.11. The zero-order valence-electron chi connectivity index (χ0n) is 19.8. The molecule has 1 aliphatic heterocycles. The number of urea groups is 1. The Kier molecular flexibility index (Phi) is 13.2. The Morgan fingerprint density at radius 3 is 1.89 bits per heavy atom. The van der Waals surface area contributed by atoms with E-state index in [0.717, 1.165) is 0 Å². The van der Waals surface area contributed by atoms with Crippen molar-refractivity contribution in [1.82, 2.24) is 31.9 Å². The third-order valence-electron chi connectivity index (χ3n) is 5.08. The quantitative estimate of drug-likeness (QED) is 0.128. The topological polar surface area (TPSA) is 264 Å². The van der Waals surface area contributed by atoms with E-state index in [1.165, 1.54) is 0 Å². The van der Waals surface area contributed by atoms with Gasteiger partial charge in [-0.2, -0.15) is 0 Å². The summed E-state index contributed by atoms with van der Waals surface area (Å²) in [5.74, 6) is -5.30. The number of amides is 7. The molecule has 7 amide bonds. The maximum absolute atomic E-state index is 12.9. The van der Waals surface area contributed by atoms with Crippen molar-refractivity contribution >= 4 is 41.5 Å². The summed E-state index contributed by atoms with van der Waals surface area (Å²) in [7, 11) is 0. The number of carbonyl (C=O) groups excluding carboxylic acids is 6. The largest absolute Gasteiger partial charge is 0.481 e. The normalized spacial score (nSPS) is 22.0. The van der Waals surface area contributed by atoms with Gasteiger partial charge in [-0.05, 0) is 38.6 Å². The molecule has 16 nitrogen and oxygen atoms in total. The van der Waals surface area contributed by atoms with E-state index in [2.05, 4.69) is 31.9 Å². The van der Waals surface area contributed by atoms with Crippen LogP contribution >= 0.6 is 0 Å². The highest BCUT2D eigenvalue weighted by molar-refractivity contribution is 5.96. The summed E-state index contributed by atoms with van der Waals surface area (Å²) in [5.41, 5.74) is 10.5. The number of hydrogen-bond acceptors (Lipinski definition) is 8. The Hall–Kier alpha value is -3.95. The Morgan fingerprint density at radius 1 is 0.806 bits per heavy atom. The van der Waals surface area contributed by atoms with Crippen LogP contribution in [0.5, 0.6) is 0 Å². The van der Waals surface area contributed by atoms with Gasteiger partial charge in [0.1, 0.15) is 18.1 Å². The van der Waals surface area contributed by atoms with E-state index in [1.807, 2.05) is 0 Å². The van der Waals surface area contributed by atoms with Gasteiger partial charge in [0.25, 0.3) is 0 Å². The van der Waals surface area contributed by atoms with Gasteiger partial charge >= 0.3 is 12.0 Å². The van der Waals surface area contributed by atoms with E-state index in [4.69, 9.17) is 16.6 Å². The number of unbranched alkanes of at least 4 members (excludes halogenated alkanes) is 1. The summed E-state index contributed by atoms with van der Waals surface area (Å²) in [6.45, 7) is -0.699. The molecule has 0 saturated carbocycles. The van der Waals surface area contributed by atoms with Crippen LogP contribution in [0.25, 0.3) is 0 Å². The first-order valence-electron chi connectivity index (χ1n) is 11.4. The number of aliphatic carboxylic acids is 1. The fraction of sp³-hybridized carbons (Fsp3) is 0.650. The monoisotopic (exact) mass is 514 g/mol. The van der Waals surface area contributed by atoms with Crippen LogP contribution in [0, 0.1) is 0 Å². The molecule has 0 aromatic rings. The number of primary amides is 1. The highest BCUT2D eigenvalue weighted by Gasteiger charge is 2.29. The number of carboxylic acids is 1. The molecule has 11 N–H and O–H groups in total. The molecule has 1 aliphatic rings. The summed E-state index contributed by atoms with van der Waals surface area (Å²) in [6.07, 6.45) is 0.803. The van der Waals surface area contributed by atoms with Crippen LogP contribution in [0.2, 0.25) is 0 Å². The molecule has 1 rings (SSSR count). The van der Waals surface area contributed by atoms with Crippen molar-refractivity contribution in [2.45, 2.75) is 56.7 Å². The third kappa shape index (κ3) is 12.0. The number of nitrogens with two attached hydrogens (primary N) is 2. The van der Waals surface area contributed by atoms with Crippen molar-refractivity contribution in [3.63, 3.8) is 0 Å². The molecule has 16 heteroatoms. The minimum atomic E-state index is -1.50. The van der Waals surface area contributed by atoms with E-state index in [1.54, 1.807) is 0 Å². The summed E-state index contributed by atoms with van der Waals surface area (Å²) >= 11 is 0. The summed E-state index contributed by atoms with van der Waals surface area (Å²) in [5, 5.41) is 23.2. The van der Waals surface area contributed by atoms with E-state index in [9.17, 15) is 33.6 Å². The van der Waals surface area contributed by atoms with Crippen molar-refractivity contribution in [1.29, 1.82) is 0 Å². The molecule has 1 heterocycles. The standard InChI is InChI=1S/C20H34N8O8/c21-6-2-1-4-12-19(35)28-11(5-3-7-23-20(22)36)17(33)24-10-15(30)27-13(8-16(31)32)18(34)25-9-14(29)26-12/h11-13H,1-10,21H2,(H,24,33)(H,25,34)(H,26,29)(H,27,30)(H,28,35)(H,31,32)(H3,22,23,36). The van der Waals surface area contributed by atoms with E-state index < -0.39 is 79.2 Å². The van der Waals surface area contributed by atoms with Crippen LogP contribution in [0.3, 0.4) is 0 Å². The van der Waals surface area contributed by atoms with E-state index >= 15 is 0 Å². The molecule has 0 radical (unpaired) electrons. The second-order valence-corrected chi connectivity index (χ2v) is 8.05. The van der Waals surface area contributed by atoms with Crippen molar-refractivity contribution in [3.05, 3.63) is 0 Å². The second kappa shape index (κ2) is 15.9. The first-order valence-corrected chi connectivity index (χ1v) is 11.4. The highest BCUT2D eigenvalue weighted by Crippen LogP contribution is 2.05. The average Bonchev–Trinajstić information content (AvgIpc) is 2.80. The number of carbonyl (C=O) groups is 7.